The third kappa shape index (κ3) is 3.60. The fourth-order valence-electron chi connectivity index (χ4n) is 1.13. The van der Waals surface area contributed by atoms with Crippen molar-refractivity contribution < 1.29 is 22.4 Å². The van der Waals surface area contributed by atoms with Crippen LogP contribution in [0, 0.1) is 0 Å². The zero-order chi connectivity index (χ0) is 7.40. The van der Waals surface area contributed by atoms with Gasteiger partial charge in [0.1, 0.15) is 6.20 Å². The quantitative estimate of drug-likeness (QED) is 0.457. The molecule has 1 aliphatic heterocycles. The lowest BCUT2D eigenvalue weighted by molar-refractivity contribution is -0.848. The molecule has 3 nitrogen and oxygen atoms in total. The summed E-state index contributed by atoms with van der Waals surface area (Å²) in [7, 11) is 2.06. The van der Waals surface area contributed by atoms with Crippen molar-refractivity contribution in [3.8, 4) is 0 Å². The van der Waals surface area contributed by atoms with Gasteiger partial charge < -0.3 is 22.4 Å². The number of rotatable bonds is 3. The van der Waals surface area contributed by atoms with Gasteiger partial charge in [-0.2, -0.15) is 0 Å². The van der Waals surface area contributed by atoms with Crippen LogP contribution >= 0.6 is 0 Å². The second-order valence-corrected chi connectivity index (χ2v) is 2.72. The van der Waals surface area contributed by atoms with Crippen LogP contribution < -0.4 is 17.3 Å². The second-order valence-electron chi connectivity index (χ2n) is 2.72. The Labute approximate surface area is 73.7 Å². The molecule has 0 aromatic carbocycles. The smallest absolute Gasteiger partial charge is 0.156 e. The number of aliphatic hydroxyl groups is 1. The predicted octanol–water partition coefficient (Wildman–Crippen LogP) is -4.37. The van der Waals surface area contributed by atoms with E-state index in [1.54, 1.807) is 0 Å². The lowest BCUT2D eigenvalue weighted by Gasteiger charge is -2.11. The number of hydrogen-bond donors (Lipinski definition) is 2. The normalized spacial score (nSPS) is 22.0. The molecule has 66 valence electrons. The summed E-state index contributed by atoms with van der Waals surface area (Å²) < 4.78 is 0. The van der Waals surface area contributed by atoms with Gasteiger partial charge in [-0.05, 0) is 0 Å². The molecule has 0 amide bonds. The van der Waals surface area contributed by atoms with Crippen molar-refractivity contribution in [1.82, 2.24) is 4.90 Å². The third-order valence-electron chi connectivity index (χ3n) is 1.67. The highest BCUT2D eigenvalue weighted by Gasteiger charge is 2.11. The number of aliphatic hydroxyl groups excluding tert-OH is 1. The Hall–Kier alpha value is -0.250. The first-order chi connectivity index (χ1) is 4.83. The van der Waals surface area contributed by atoms with Gasteiger partial charge >= 0.3 is 0 Å². The van der Waals surface area contributed by atoms with Crippen LogP contribution in [0.1, 0.15) is 6.42 Å². The summed E-state index contributed by atoms with van der Waals surface area (Å²) in [5, 5.41) is 8.54. The molecular formula is C7H15ClN2O. The van der Waals surface area contributed by atoms with Gasteiger partial charge in [-0.1, -0.05) is 0 Å². The van der Waals surface area contributed by atoms with Crippen LogP contribution in [0.25, 0.3) is 0 Å². The van der Waals surface area contributed by atoms with Crippen molar-refractivity contribution in [3.63, 3.8) is 0 Å². The van der Waals surface area contributed by atoms with Crippen LogP contribution in [0.3, 0.4) is 0 Å². The van der Waals surface area contributed by atoms with E-state index in [9.17, 15) is 0 Å². The molecule has 1 heterocycles. The fourth-order valence-corrected chi connectivity index (χ4v) is 1.13. The van der Waals surface area contributed by atoms with E-state index in [4.69, 9.17) is 5.11 Å². The number of halogens is 1. The maximum absolute atomic E-state index is 8.54. The summed E-state index contributed by atoms with van der Waals surface area (Å²) in [6.45, 7) is 2.39. The first-order valence-corrected chi connectivity index (χ1v) is 3.67. The van der Waals surface area contributed by atoms with Gasteiger partial charge in [0.2, 0.25) is 0 Å². The number of nitrogens with one attached hydrogen (secondary N) is 1. The molecule has 0 saturated heterocycles. The average Bonchev–Trinajstić information content (AvgIpc) is 2.31. The Balaban J connectivity index is 0.000001000. The van der Waals surface area contributed by atoms with E-state index in [0.717, 1.165) is 19.6 Å². The molecule has 0 saturated carbocycles. The number of nitrogens with zero attached hydrogens (tertiary/aromatic N) is 1. The van der Waals surface area contributed by atoms with Crippen LogP contribution in [0.4, 0.5) is 0 Å². The Bertz CT molecular complexity index is 130. The van der Waals surface area contributed by atoms with Crippen molar-refractivity contribution in [1.29, 1.82) is 0 Å². The Morgan fingerprint density at radius 3 is 2.82 bits per heavy atom. The maximum Gasteiger partial charge on any atom is 0.156 e. The highest BCUT2D eigenvalue weighted by molar-refractivity contribution is 4.74. The molecule has 0 fully saturated rings. The molecule has 1 aliphatic rings. The molecule has 0 aliphatic carbocycles. The van der Waals surface area contributed by atoms with Gasteiger partial charge in [-0.15, -0.1) is 0 Å². The highest BCUT2D eigenvalue weighted by atomic mass is 35.5. The van der Waals surface area contributed by atoms with Crippen molar-refractivity contribution in [2.75, 3.05) is 26.9 Å². The number of hydrogen-bond acceptors (Lipinski definition) is 2. The summed E-state index contributed by atoms with van der Waals surface area (Å²) in [5.74, 6) is 0. The van der Waals surface area contributed by atoms with Crippen molar-refractivity contribution in [3.05, 3.63) is 12.4 Å². The van der Waals surface area contributed by atoms with Crippen LogP contribution in [-0.2, 0) is 0 Å². The van der Waals surface area contributed by atoms with Crippen molar-refractivity contribution >= 4 is 0 Å². The fraction of sp³-hybridized carbons (Fsp3) is 0.714. The average molecular weight is 179 g/mol. The summed E-state index contributed by atoms with van der Waals surface area (Å²) in [5.41, 5.74) is 0. The Morgan fingerprint density at radius 1 is 1.64 bits per heavy atom. The molecule has 1 unspecified atom stereocenters. The second kappa shape index (κ2) is 5.41. The first kappa shape index (κ1) is 10.8. The van der Waals surface area contributed by atoms with Crippen LogP contribution in [0.2, 0.25) is 0 Å². The van der Waals surface area contributed by atoms with Crippen LogP contribution in [-0.4, -0.2) is 36.9 Å². The van der Waals surface area contributed by atoms with Crippen molar-refractivity contribution in [2.45, 2.75) is 6.42 Å². The lowest BCUT2D eigenvalue weighted by atomic mass is 10.4. The molecule has 11 heavy (non-hydrogen) atoms. The van der Waals surface area contributed by atoms with Gasteiger partial charge in [0.25, 0.3) is 0 Å². The summed E-state index contributed by atoms with van der Waals surface area (Å²) in [4.78, 5) is 3.57. The van der Waals surface area contributed by atoms with Crippen LogP contribution in [0.5, 0.6) is 0 Å². The van der Waals surface area contributed by atoms with E-state index in [2.05, 4.69) is 24.3 Å². The van der Waals surface area contributed by atoms with Crippen molar-refractivity contribution in [2.24, 2.45) is 0 Å². The molecule has 1 atom stereocenters. The molecule has 0 aromatic heterocycles. The topological polar surface area (TPSA) is 27.9 Å². The van der Waals surface area contributed by atoms with Gasteiger partial charge in [-0.3, -0.25) is 4.90 Å². The minimum atomic E-state index is 0. The molecule has 0 radical (unpaired) electrons. The molecular weight excluding hydrogens is 164 g/mol. The summed E-state index contributed by atoms with van der Waals surface area (Å²) in [6, 6.07) is 0. The predicted molar refractivity (Wildman–Crippen MR) is 39.3 cm³/mol. The molecule has 0 aromatic rings. The minimum absolute atomic E-state index is 0. The zero-order valence-electron chi connectivity index (χ0n) is 6.76. The van der Waals surface area contributed by atoms with E-state index < -0.39 is 0 Å². The summed E-state index contributed by atoms with van der Waals surface area (Å²) in [6.07, 6.45) is 5.11. The zero-order valence-corrected chi connectivity index (χ0v) is 7.51. The van der Waals surface area contributed by atoms with E-state index in [0.29, 0.717) is 6.61 Å². The molecule has 0 bridgehead atoms. The Morgan fingerprint density at radius 2 is 2.36 bits per heavy atom. The van der Waals surface area contributed by atoms with E-state index in [1.807, 2.05) is 0 Å². The van der Waals surface area contributed by atoms with Gasteiger partial charge in [-0.25, -0.2) is 0 Å². The SMILES string of the molecule is CN1C=C[NH+](CCCO)C1.[Cl-]. The maximum atomic E-state index is 8.54. The third-order valence-corrected chi connectivity index (χ3v) is 1.67. The highest BCUT2D eigenvalue weighted by Crippen LogP contribution is 1.82. The Kier molecular flexibility index (Phi) is 5.28. The van der Waals surface area contributed by atoms with E-state index in [1.165, 1.54) is 4.90 Å². The largest absolute Gasteiger partial charge is 1.00 e. The monoisotopic (exact) mass is 178 g/mol. The molecule has 2 N–H and O–H groups in total. The standard InChI is InChI=1S/C7H14N2O.ClH/c1-8-4-5-9(7-8)3-2-6-10;/h4-5,10H,2-3,6-7H2,1H3;1H. The van der Waals surface area contributed by atoms with Gasteiger partial charge in [0.15, 0.2) is 6.67 Å². The van der Waals surface area contributed by atoms with Gasteiger partial charge in [0, 0.05) is 20.1 Å². The minimum Gasteiger partial charge on any atom is -1.00 e. The number of quaternary nitrogens is 1. The molecule has 4 heteroatoms. The summed E-state index contributed by atoms with van der Waals surface area (Å²) >= 11 is 0. The van der Waals surface area contributed by atoms with E-state index >= 15 is 0 Å². The molecule has 0 spiro atoms. The van der Waals surface area contributed by atoms with Gasteiger partial charge in [0.05, 0.1) is 12.7 Å². The lowest BCUT2D eigenvalue weighted by Crippen LogP contribution is -3.07. The molecule has 1 rings (SSSR count). The van der Waals surface area contributed by atoms with Crippen LogP contribution in [0.15, 0.2) is 12.4 Å². The van der Waals surface area contributed by atoms with E-state index in [-0.39, 0.29) is 12.4 Å². The first-order valence-electron chi connectivity index (χ1n) is 3.67.